The molecule has 1 N–H and O–H groups in total. The Kier molecular flexibility index (Phi) is 3.89. The molecule has 1 saturated carbocycles. The van der Waals surface area contributed by atoms with Crippen LogP contribution < -0.4 is 5.32 Å². The van der Waals surface area contributed by atoms with Gasteiger partial charge in [-0.25, -0.2) is 8.78 Å². The first-order chi connectivity index (χ1) is 8.18. The van der Waals surface area contributed by atoms with Gasteiger partial charge >= 0.3 is 0 Å². The molecule has 1 aromatic carbocycles. The predicted octanol–water partition coefficient (Wildman–Crippen LogP) is 3.51. The molecule has 0 saturated heterocycles. The van der Waals surface area contributed by atoms with Crippen LogP contribution >= 0.6 is 0 Å². The second-order valence-electron chi connectivity index (χ2n) is 4.51. The molecule has 0 aromatic heterocycles. The van der Waals surface area contributed by atoms with Crippen molar-refractivity contribution < 1.29 is 8.78 Å². The largest absolute Gasteiger partial charge is 0.314 e. The first-order valence-electron chi connectivity index (χ1n) is 6.03. The molecule has 0 heterocycles. The van der Waals surface area contributed by atoms with Gasteiger partial charge in [-0.3, -0.25) is 0 Å². The number of halogens is 2. The van der Waals surface area contributed by atoms with Crippen molar-refractivity contribution >= 4 is 5.57 Å². The maximum absolute atomic E-state index is 13.5. The fourth-order valence-corrected chi connectivity index (χ4v) is 1.78. The van der Waals surface area contributed by atoms with E-state index >= 15 is 0 Å². The SMILES string of the molecule is CC(=CCCNC1CC1)c1cccc(F)c1F. The Hall–Kier alpha value is -1.22. The van der Waals surface area contributed by atoms with Crippen LogP contribution in [0.5, 0.6) is 0 Å². The van der Waals surface area contributed by atoms with E-state index in [1.54, 1.807) is 6.07 Å². The normalized spacial score (nSPS) is 16.3. The molecule has 0 aliphatic heterocycles. The fourth-order valence-electron chi connectivity index (χ4n) is 1.78. The number of hydrogen-bond donors (Lipinski definition) is 1. The monoisotopic (exact) mass is 237 g/mol. The third-order valence-corrected chi connectivity index (χ3v) is 2.98. The van der Waals surface area contributed by atoms with Crippen LogP contribution in [-0.2, 0) is 0 Å². The lowest BCUT2D eigenvalue weighted by atomic mass is 10.1. The molecule has 0 atom stereocenters. The van der Waals surface area contributed by atoms with Gasteiger partial charge in [0.25, 0.3) is 0 Å². The molecule has 0 unspecified atom stereocenters. The van der Waals surface area contributed by atoms with E-state index in [0.717, 1.165) is 24.6 Å². The van der Waals surface area contributed by atoms with Crippen molar-refractivity contribution in [1.29, 1.82) is 0 Å². The number of rotatable bonds is 5. The van der Waals surface area contributed by atoms with E-state index < -0.39 is 11.6 Å². The summed E-state index contributed by atoms with van der Waals surface area (Å²) in [5.74, 6) is -1.54. The van der Waals surface area contributed by atoms with Gasteiger partial charge in [0, 0.05) is 11.6 Å². The van der Waals surface area contributed by atoms with Crippen LogP contribution in [0.3, 0.4) is 0 Å². The minimum Gasteiger partial charge on any atom is -0.314 e. The summed E-state index contributed by atoms with van der Waals surface area (Å²) >= 11 is 0. The topological polar surface area (TPSA) is 12.0 Å². The van der Waals surface area contributed by atoms with Crippen LogP contribution in [0, 0.1) is 11.6 Å². The molecule has 0 radical (unpaired) electrons. The number of hydrogen-bond acceptors (Lipinski definition) is 1. The molecule has 1 aliphatic carbocycles. The summed E-state index contributed by atoms with van der Waals surface area (Å²) in [5.41, 5.74) is 1.15. The molecule has 17 heavy (non-hydrogen) atoms. The molecule has 1 aromatic rings. The highest BCUT2D eigenvalue weighted by atomic mass is 19.2. The summed E-state index contributed by atoms with van der Waals surface area (Å²) < 4.78 is 26.5. The van der Waals surface area contributed by atoms with Gasteiger partial charge in [-0.05, 0) is 44.4 Å². The molecule has 1 aliphatic rings. The lowest BCUT2D eigenvalue weighted by molar-refractivity contribution is 0.506. The quantitative estimate of drug-likeness (QED) is 0.773. The Morgan fingerprint density at radius 1 is 1.41 bits per heavy atom. The predicted molar refractivity (Wildman–Crippen MR) is 65.7 cm³/mol. The van der Waals surface area contributed by atoms with E-state index in [1.807, 2.05) is 13.0 Å². The Morgan fingerprint density at radius 2 is 2.18 bits per heavy atom. The van der Waals surface area contributed by atoms with E-state index in [-0.39, 0.29) is 0 Å². The van der Waals surface area contributed by atoms with Gasteiger partial charge in [0.15, 0.2) is 11.6 Å². The van der Waals surface area contributed by atoms with Crippen molar-refractivity contribution in [3.63, 3.8) is 0 Å². The maximum Gasteiger partial charge on any atom is 0.166 e. The molecule has 0 bridgehead atoms. The summed E-state index contributed by atoms with van der Waals surface area (Å²) in [5, 5.41) is 3.38. The molecular formula is C14H17F2N. The highest BCUT2D eigenvalue weighted by molar-refractivity contribution is 5.64. The minimum absolute atomic E-state index is 0.358. The lowest BCUT2D eigenvalue weighted by Gasteiger charge is -2.05. The summed E-state index contributed by atoms with van der Waals surface area (Å²) in [6, 6.07) is 4.97. The number of benzene rings is 1. The van der Waals surface area contributed by atoms with Gasteiger partial charge in [0.2, 0.25) is 0 Å². The first-order valence-corrected chi connectivity index (χ1v) is 6.03. The number of nitrogens with one attached hydrogen (secondary N) is 1. The molecular weight excluding hydrogens is 220 g/mol. The fraction of sp³-hybridized carbons (Fsp3) is 0.429. The van der Waals surface area contributed by atoms with Gasteiger partial charge in [0.05, 0.1) is 0 Å². The van der Waals surface area contributed by atoms with Crippen molar-refractivity contribution in [3.8, 4) is 0 Å². The third kappa shape index (κ3) is 3.37. The smallest absolute Gasteiger partial charge is 0.166 e. The summed E-state index contributed by atoms with van der Waals surface area (Å²) in [4.78, 5) is 0. The Morgan fingerprint density at radius 3 is 2.88 bits per heavy atom. The summed E-state index contributed by atoms with van der Waals surface area (Å²) in [7, 11) is 0. The lowest BCUT2D eigenvalue weighted by Crippen LogP contribution is -2.16. The summed E-state index contributed by atoms with van der Waals surface area (Å²) in [6.45, 7) is 2.72. The average molecular weight is 237 g/mol. The maximum atomic E-state index is 13.5. The third-order valence-electron chi connectivity index (χ3n) is 2.98. The molecule has 0 spiro atoms. The molecule has 0 amide bonds. The van der Waals surface area contributed by atoms with E-state index in [0.29, 0.717) is 11.6 Å². The van der Waals surface area contributed by atoms with Gasteiger partial charge in [-0.1, -0.05) is 18.2 Å². The minimum atomic E-state index is -0.786. The zero-order valence-electron chi connectivity index (χ0n) is 9.97. The Bertz CT molecular complexity index is 422. The van der Waals surface area contributed by atoms with Gasteiger partial charge in [-0.2, -0.15) is 0 Å². The van der Waals surface area contributed by atoms with Gasteiger partial charge in [-0.15, -0.1) is 0 Å². The molecule has 1 fully saturated rings. The van der Waals surface area contributed by atoms with Crippen molar-refractivity contribution in [2.24, 2.45) is 0 Å². The van der Waals surface area contributed by atoms with Crippen molar-refractivity contribution in [3.05, 3.63) is 41.5 Å². The van der Waals surface area contributed by atoms with Crippen LogP contribution in [0.25, 0.3) is 5.57 Å². The number of allylic oxidation sites excluding steroid dienone is 1. The standard InChI is InChI=1S/C14H17F2N/c1-10(4-3-9-17-11-7-8-11)12-5-2-6-13(15)14(12)16/h2,4-6,11,17H,3,7-9H2,1H3. The van der Waals surface area contributed by atoms with Gasteiger partial charge < -0.3 is 5.32 Å². The van der Waals surface area contributed by atoms with Crippen molar-refractivity contribution in [2.75, 3.05) is 6.54 Å². The first kappa shape index (κ1) is 12.2. The van der Waals surface area contributed by atoms with E-state index in [1.165, 1.54) is 18.9 Å². The van der Waals surface area contributed by atoms with Crippen LogP contribution in [-0.4, -0.2) is 12.6 Å². The van der Waals surface area contributed by atoms with Crippen LogP contribution in [0.2, 0.25) is 0 Å². The van der Waals surface area contributed by atoms with Crippen molar-refractivity contribution in [1.82, 2.24) is 5.32 Å². The second kappa shape index (κ2) is 5.41. The Labute approximate surface area is 101 Å². The van der Waals surface area contributed by atoms with Crippen LogP contribution in [0.1, 0.15) is 31.7 Å². The summed E-state index contributed by atoms with van der Waals surface area (Å²) in [6.07, 6.45) is 5.33. The zero-order valence-corrected chi connectivity index (χ0v) is 9.97. The van der Waals surface area contributed by atoms with E-state index in [2.05, 4.69) is 5.32 Å². The molecule has 2 rings (SSSR count). The van der Waals surface area contributed by atoms with Crippen molar-refractivity contribution in [2.45, 2.75) is 32.2 Å². The van der Waals surface area contributed by atoms with E-state index in [9.17, 15) is 8.78 Å². The highest BCUT2D eigenvalue weighted by Crippen LogP contribution is 2.21. The molecule has 3 heteroatoms. The molecule has 1 nitrogen and oxygen atoms in total. The second-order valence-corrected chi connectivity index (χ2v) is 4.51. The molecule has 92 valence electrons. The van der Waals surface area contributed by atoms with Crippen LogP contribution in [0.15, 0.2) is 24.3 Å². The highest BCUT2D eigenvalue weighted by Gasteiger charge is 2.19. The average Bonchev–Trinajstić information content (AvgIpc) is 3.12. The Balaban J connectivity index is 1.94. The van der Waals surface area contributed by atoms with Crippen LogP contribution in [0.4, 0.5) is 8.78 Å². The van der Waals surface area contributed by atoms with Gasteiger partial charge in [0.1, 0.15) is 0 Å². The van der Waals surface area contributed by atoms with E-state index in [4.69, 9.17) is 0 Å². The zero-order chi connectivity index (χ0) is 12.3.